The number of carbonyl (C=O) groups is 1. The van der Waals surface area contributed by atoms with Crippen LogP contribution < -0.4 is 10.4 Å². The number of hydrogen-bond donors (Lipinski definition) is 1. The fourth-order valence-electron chi connectivity index (χ4n) is 7.36. The van der Waals surface area contributed by atoms with Gasteiger partial charge >= 0.3 is 11.6 Å². The van der Waals surface area contributed by atoms with Crippen molar-refractivity contribution < 1.29 is 23.8 Å². The molecule has 2 fully saturated rings. The van der Waals surface area contributed by atoms with Crippen molar-refractivity contribution >= 4 is 5.97 Å². The van der Waals surface area contributed by atoms with Crippen molar-refractivity contribution in [1.82, 2.24) is 4.98 Å². The lowest BCUT2D eigenvalue weighted by atomic mass is 9.43. The highest BCUT2D eigenvalue weighted by Gasteiger charge is 2.64. The van der Waals surface area contributed by atoms with Crippen molar-refractivity contribution in [2.24, 2.45) is 22.7 Å². The van der Waals surface area contributed by atoms with E-state index in [2.05, 4.69) is 18.8 Å². The van der Waals surface area contributed by atoms with E-state index in [-0.39, 0.29) is 41.6 Å². The number of pyridine rings is 1. The van der Waals surface area contributed by atoms with Crippen LogP contribution in [0.1, 0.15) is 58.9 Å². The molecule has 1 N–H and O–H groups in total. The van der Waals surface area contributed by atoms with Gasteiger partial charge in [-0.25, -0.2) is 4.79 Å². The third kappa shape index (κ3) is 3.39. The maximum atomic E-state index is 13.1. The molecule has 3 heterocycles. The molecule has 182 valence electrons. The Kier molecular flexibility index (Phi) is 5.39. The highest BCUT2D eigenvalue weighted by molar-refractivity contribution is 5.66. The standard InChI is InChI=1S/C27H33NO6/c1-16(30)32-23-8-9-25(2)21(26(23,3)15-29)7-10-27(4)22(25)12-18-20(34-27)13-19(33-24(18)31)17-6-5-11-28-14-17/h5-6,11,13-14,21-23,29H,7-10,12,15H2,1-4H3/t21-,22-,23+,25+,26?,27-/m1/s1. The van der Waals surface area contributed by atoms with Crippen LogP contribution in [-0.2, 0) is 16.0 Å². The fraction of sp³-hybridized carbons (Fsp3) is 0.593. The molecule has 2 aliphatic carbocycles. The van der Waals surface area contributed by atoms with Gasteiger partial charge in [0.25, 0.3) is 0 Å². The molecule has 2 saturated carbocycles. The second-order valence-corrected chi connectivity index (χ2v) is 11.1. The smallest absolute Gasteiger partial charge is 0.343 e. The van der Waals surface area contributed by atoms with Gasteiger partial charge in [0.05, 0.1) is 12.2 Å². The summed E-state index contributed by atoms with van der Waals surface area (Å²) in [5.41, 5.74) is -0.241. The van der Waals surface area contributed by atoms with Crippen LogP contribution in [-0.4, -0.2) is 34.4 Å². The summed E-state index contributed by atoms with van der Waals surface area (Å²) in [7, 11) is 0. The first-order chi connectivity index (χ1) is 16.1. The average Bonchev–Trinajstić information content (AvgIpc) is 2.80. The Morgan fingerprint density at radius 3 is 2.71 bits per heavy atom. The predicted molar refractivity (Wildman–Crippen MR) is 125 cm³/mol. The van der Waals surface area contributed by atoms with Crippen LogP contribution in [0.25, 0.3) is 11.3 Å². The van der Waals surface area contributed by atoms with Gasteiger partial charge in [-0.3, -0.25) is 9.78 Å². The van der Waals surface area contributed by atoms with Gasteiger partial charge in [0, 0.05) is 42.3 Å². The van der Waals surface area contributed by atoms with Crippen LogP contribution in [0.3, 0.4) is 0 Å². The summed E-state index contributed by atoms with van der Waals surface area (Å²) in [5, 5.41) is 10.5. The third-order valence-electron chi connectivity index (χ3n) is 9.09. The largest absolute Gasteiger partial charge is 0.487 e. The molecular weight excluding hydrogens is 434 g/mol. The summed E-state index contributed by atoms with van der Waals surface area (Å²) >= 11 is 0. The van der Waals surface area contributed by atoms with Crippen molar-refractivity contribution in [3.8, 4) is 17.1 Å². The minimum absolute atomic E-state index is 0.0529. The molecule has 34 heavy (non-hydrogen) atoms. The molecule has 7 heteroatoms. The molecule has 5 rings (SSSR count). The topological polar surface area (TPSA) is 98.9 Å². The van der Waals surface area contributed by atoms with E-state index in [0.717, 1.165) is 24.8 Å². The van der Waals surface area contributed by atoms with Gasteiger partial charge in [-0.15, -0.1) is 0 Å². The van der Waals surface area contributed by atoms with Crippen molar-refractivity contribution in [3.63, 3.8) is 0 Å². The highest BCUT2D eigenvalue weighted by Crippen LogP contribution is 2.64. The first-order valence-corrected chi connectivity index (χ1v) is 12.2. The van der Waals surface area contributed by atoms with Crippen molar-refractivity contribution in [3.05, 3.63) is 46.6 Å². The zero-order chi connectivity index (χ0) is 24.3. The number of aromatic nitrogens is 1. The van der Waals surface area contributed by atoms with Crippen LogP contribution in [0, 0.1) is 22.7 Å². The van der Waals surface area contributed by atoms with Gasteiger partial charge in [-0.05, 0) is 62.5 Å². The van der Waals surface area contributed by atoms with E-state index in [4.69, 9.17) is 13.9 Å². The van der Waals surface area contributed by atoms with Crippen molar-refractivity contribution in [2.45, 2.75) is 71.5 Å². The molecule has 7 nitrogen and oxygen atoms in total. The quantitative estimate of drug-likeness (QED) is 0.677. The number of fused-ring (bicyclic) bond motifs is 4. The molecule has 3 aliphatic rings. The molecule has 2 aromatic rings. The summed E-state index contributed by atoms with van der Waals surface area (Å²) in [6, 6.07) is 5.48. The molecule has 0 spiro atoms. The van der Waals surface area contributed by atoms with Gasteiger partial charge in [-0.2, -0.15) is 0 Å². The molecule has 0 radical (unpaired) electrons. The Hall–Kier alpha value is -2.67. The van der Waals surface area contributed by atoms with E-state index in [1.165, 1.54) is 6.92 Å². The van der Waals surface area contributed by atoms with Crippen LogP contribution in [0.5, 0.6) is 5.75 Å². The molecule has 1 aliphatic heterocycles. The highest BCUT2D eigenvalue weighted by atomic mass is 16.5. The Morgan fingerprint density at radius 2 is 2.03 bits per heavy atom. The summed E-state index contributed by atoms with van der Waals surface area (Å²) in [6.07, 6.45) is 6.75. The van der Waals surface area contributed by atoms with Gasteiger partial charge < -0.3 is 19.0 Å². The Balaban J connectivity index is 1.53. The normalized spacial score (nSPS) is 36.4. The molecule has 2 aromatic heterocycles. The first-order valence-electron chi connectivity index (χ1n) is 12.2. The van der Waals surface area contributed by atoms with Gasteiger partial charge in [0.2, 0.25) is 0 Å². The van der Waals surface area contributed by atoms with Crippen LogP contribution in [0.2, 0.25) is 0 Å². The summed E-state index contributed by atoms with van der Waals surface area (Å²) in [4.78, 5) is 29.0. The molecular formula is C27H33NO6. The van der Waals surface area contributed by atoms with Crippen LogP contribution in [0.4, 0.5) is 0 Å². The maximum Gasteiger partial charge on any atom is 0.343 e. The predicted octanol–water partition coefficient (Wildman–Crippen LogP) is 4.15. The zero-order valence-corrected chi connectivity index (χ0v) is 20.3. The summed E-state index contributed by atoms with van der Waals surface area (Å²) in [5.74, 6) is 0.935. The number of carbonyl (C=O) groups excluding carboxylic acids is 1. The summed E-state index contributed by atoms with van der Waals surface area (Å²) in [6.45, 7) is 7.82. The van der Waals surface area contributed by atoms with E-state index < -0.39 is 11.0 Å². The van der Waals surface area contributed by atoms with Crippen LogP contribution in [0.15, 0.2) is 39.8 Å². The first kappa shape index (κ1) is 23.1. The molecule has 0 amide bonds. The molecule has 0 saturated heterocycles. The number of rotatable bonds is 3. The summed E-state index contributed by atoms with van der Waals surface area (Å²) < 4.78 is 18.0. The van der Waals surface area contributed by atoms with Crippen molar-refractivity contribution in [1.29, 1.82) is 0 Å². The number of nitrogens with zero attached hydrogens (tertiary/aromatic N) is 1. The minimum atomic E-state index is -0.547. The average molecular weight is 468 g/mol. The lowest BCUT2D eigenvalue weighted by molar-refractivity contribution is -0.216. The third-order valence-corrected chi connectivity index (χ3v) is 9.09. The maximum absolute atomic E-state index is 13.1. The minimum Gasteiger partial charge on any atom is -0.487 e. The monoisotopic (exact) mass is 467 g/mol. The van der Waals surface area contributed by atoms with E-state index in [1.54, 1.807) is 18.5 Å². The number of aliphatic hydroxyl groups excluding tert-OH is 1. The lowest BCUT2D eigenvalue weighted by Gasteiger charge is -2.64. The number of aliphatic hydroxyl groups is 1. The lowest BCUT2D eigenvalue weighted by Crippen LogP contribution is -2.65. The van der Waals surface area contributed by atoms with E-state index >= 15 is 0 Å². The van der Waals surface area contributed by atoms with Crippen molar-refractivity contribution in [2.75, 3.05) is 6.61 Å². The number of ether oxygens (including phenoxy) is 2. The van der Waals surface area contributed by atoms with Gasteiger partial charge in [0.15, 0.2) is 0 Å². The number of hydrogen-bond acceptors (Lipinski definition) is 7. The molecule has 1 unspecified atom stereocenters. The SMILES string of the molecule is CC(=O)O[C@H]1CC[C@]2(C)[C@H]3Cc4c(cc(-c5cccnc5)oc4=O)O[C@]3(C)CC[C@H]2C1(C)CO. The Morgan fingerprint density at radius 1 is 1.24 bits per heavy atom. The Labute approximate surface area is 199 Å². The van der Waals surface area contributed by atoms with Gasteiger partial charge in [0.1, 0.15) is 23.2 Å². The molecule has 6 atom stereocenters. The van der Waals surface area contributed by atoms with E-state index in [9.17, 15) is 14.7 Å². The Bertz CT molecular complexity index is 1160. The number of esters is 1. The van der Waals surface area contributed by atoms with E-state index in [0.29, 0.717) is 29.9 Å². The van der Waals surface area contributed by atoms with Gasteiger partial charge in [-0.1, -0.05) is 13.8 Å². The molecule has 0 aromatic carbocycles. The van der Waals surface area contributed by atoms with E-state index in [1.807, 2.05) is 19.1 Å². The van der Waals surface area contributed by atoms with Crippen LogP contribution >= 0.6 is 0 Å². The second-order valence-electron chi connectivity index (χ2n) is 11.1. The molecule has 0 bridgehead atoms. The second kappa shape index (κ2) is 7.94. The fourth-order valence-corrected chi connectivity index (χ4v) is 7.36. The zero-order valence-electron chi connectivity index (χ0n) is 20.3.